The maximum atomic E-state index is 12.6. The smallest absolute Gasteiger partial charge is 0.186 e. The van der Waals surface area contributed by atoms with Gasteiger partial charge in [0.1, 0.15) is 17.1 Å². The van der Waals surface area contributed by atoms with E-state index in [1.165, 1.54) is 45.4 Å². The number of allylic oxidation sites excluding steroid dienone is 3. The van der Waals surface area contributed by atoms with Gasteiger partial charge in [-0.05, 0) is 30.7 Å². The van der Waals surface area contributed by atoms with Gasteiger partial charge in [-0.1, -0.05) is 12.1 Å². The molecule has 0 amide bonds. The molecule has 0 fully saturated rings. The molecule has 0 spiro atoms. The SMILES string of the molecule is C=C[C@H](C1=C[C@](O)(CC(C)=O)C(OC)=CC1=O)c1ccc(OC)c(O)c1. The third-order valence-corrected chi connectivity index (χ3v) is 4.24. The van der Waals surface area contributed by atoms with Gasteiger partial charge < -0.3 is 19.7 Å². The topological polar surface area (TPSA) is 93.1 Å². The van der Waals surface area contributed by atoms with Crippen molar-refractivity contribution >= 4 is 11.6 Å². The summed E-state index contributed by atoms with van der Waals surface area (Å²) >= 11 is 0. The molecular weight excluding hydrogens is 336 g/mol. The average molecular weight is 358 g/mol. The number of ether oxygens (including phenoxy) is 2. The summed E-state index contributed by atoms with van der Waals surface area (Å²) in [5.41, 5.74) is -0.869. The van der Waals surface area contributed by atoms with E-state index in [1.807, 2.05) is 0 Å². The predicted molar refractivity (Wildman–Crippen MR) is 96.0 cm³/mol. The van der Waals surface area contributed by atoms with Crippen molar-refractivity contribution < 1.29 is 29.3 Å². The molecule has 2 atom stereocenters. The Morgan fingerprint density at radius 2 is 2.04 bits per heavy atom. The van der Waals surface area contributed by atoms with Crippen molar-refractivity contribution in [1.82, 2.24) is 0 Å². The molecule has 2 N–H and O–H groups in total. The highest BCUT2D eigenvalue weighted by Gasteiger charge is 2.39. The summed E-state index contributed by atoms with van der Waals surface area (Å²) in [7, 11) is 2.77. The fraction of sp³-hybridized carbons (Fsp3) is 0.300. The first kappa shape index (κ1) is 19.5. The van der Waals surface area contributed by atoms with E-state index in [4.69, 9.17) is 9.47 Å². The first-order valence-electron chi connectivity index (χ1n) is 8.00. The molecule has 2 rings (SSSR count). The van der Waals surface area contributed by atoms with Gasteiger partial charge in [-0.25, -0.2) is 0 Å². The highest BCUT2D eigenvalue weighted by Crippen LogP contribution is 2.38. The summed E-state index contributed by atoms with van der Waals surface area (Å²) in [4.78, 5) is 24.1. The zero-order valence-electron chi connectivity index (χ0n) is 15.0. The summed E-state index contributed by atoms with van der Waals surface area (Å²) in [5.74, 6) is -0.967. The standard InChI is InChI=1S/C20H22O6/c1-5-14(13-6-7-18(25-3)17(23)8-13)15-11-20(24,10-12(2)21)19(26-4)9-16(15)22/h5-9,11,14,23-24H,1,10H2,2-4H3/t14-,20+/m0/s1. The average Bonchev–Trinajstić information content (AvgIpc) is 2.57. The van der Waals surface area contributed by atoms with Crippen LogP contribution in [0, 0.1) is 0 Å². The molecule has 6 heteroatoms. The van der Waals surface area contributed by atoms with Crippen LogP contribution in [0.2, 0.25) is 0 Å². The Morgan fingerprint density at radius 1 is 1.35 bits per heavy atom. The lowest BCUT2D eigenvalue weighted by Crippen LogP contribution is -2.37. The molecular formula is C20H22O6. The lowest BCUT2D eigenvalue weighted by atomic mass is 9.79. The van der Waals surface area contributed by atoms with Gasteiger partial charge in [0.15, 0.2) is 17.3 Å². The summed E-state index contributed by atoms with van der Waals surface area (Å²) in [6.45, 7) is 5.11. The van der Waals surface area contributed by atoms with Crippen molar-refractivity contribution in [3.05, 3.63) is 59.9 Å². The lowest BCUT2D eigenvalue weighted by Gasteiger charge is -2.31. The summed E-state index contributed by atoms with van der Waals surface area (Å²) in [6.07, 6.45) is 3.83. The van der Waals surface area contributed by atoms with E-state index in [-0.39, 0.29) is 35.1 Å². The number of aliphatic hydroxyl groups is 1. The van der Waals surface area contributed by atoms with Crippen LogP contribution in [-0.4, -0.2) is 41.6 Å². The van der Waals surface area contributed by atoms with E-state index in [9.17, 15) is 19.8 Å². The normalized spacial score (nSPS) is 20.7. The van der Waals surface area contributed by atoms with E-state index in [2.05, 4.69) is 6.58 Å². The molecule has 0 radical (unpaired) electrons. The highest BCUT2D eigenvalue weighted by atomic mass is 16.5. The van der Waals surface area contributed by atoms with Crippen molar-refractivity contribution in [2.45, 2.75) is 24.9 Å². The zero-order chi connectivity index (χ0) is 19.5. The van der Waals surface area contributed by atoms with E-state index >= 15 is 0 Å². The van der Waals surface area contributed by atoms with Crippen molar-refractivity contribution in [3.8, 4) is 11.5 Å². The van der Waals surface area contributed by atoms with Crippen molar-refractivity contribution in [2.24, 2.45) is 0 Å². The minimum absolute atomic E-state index is 0.0156. The monoisotopic (exact) mass is 358 g/mol. The van der Waals surface area contributed by atoms with Gasteiger partial charge >= 0.3 is 0 Å². The molecule has 26 heavy (non-hydrogen) atoms. The van der Waals surface area contributed by atoms with E-state index in [0.717, 1.165) is 0 Å². The highest BCUT2D eigenvalue weighted by molar-refractivity contribution is 6.07. The zero-order valence-corrected chi connectivity index (χ0v) is 15.0. The third kappa shape index (κ3) is 3.70. The summed E-state index contributed by atoms with van der Waals surface area (Å²) in [5, 5.41) is 20.9. The van der Waals surface area contributed by atoms with Crippen LogP contribution in [0.25, 0.3) is 0 Å². The number of rotatable bonds is 7. The Kier molecular flexibility index (Phi) is 5.67. The number of benzene rings is 1. The van der Waals surface area contributed by atoms with Gasteiger partial charge in [0.05, 0.1) is 14.2 Å². The van der Waals surface area contributed by atoms with Gasteiger partial charge in [0, 0.05) is 24.0 Å². The minimum atomic E-state index is -1.71. The molecule has 0 bridgehead atoms. The number of hydrogen-bond donors (Lipinski definition) is 2. The van der Waals surface area contributed by atoms with Gasteiger partial charge in [-0.3, -0.25) is 9.59 Å². The quantitative estimate of drug-likeness (QED) is 0.727. The number of Topliss-reactive ketones (excluding diaryl/α,β-unsaturated/α-hetero) is 1. The number of hydrogen-bond acceptors (Lipinski definition) is 6. The Balaban J connectivity index is 2.52. The summed E-state index contributed by atoms with van der Waals surface area (Å²) in [6, 6.07) is 4.74. The maximum absolute atomic E-state index is 12.6. The number of phenolic OH excluding ortho intramolecular Hbond substituents is 1. The molecule has 1 aromatic carbocycles. The number of carbonyl (C=O) groups is 2. The Bertz CT molecular complexity index is 805. The second-order valence-electron chi connectivity index (χ2n) is 6.12. The van der Waals surface area contributed by atoms with Gasteiger partial charge in [-0.15, -0.1) is 6.58 Å². The minimum Gasteiger partial charge on any atom is -0.504 e. The first-order valence-corrected chi connectivity index (χ1v) is 8.00. The molecule has 1 aromatic rings. The van der Waals surface area contributed by atoms with Gasteiger partial charge in [-0.2, -0.15) is 0 Å². The van der Waals surface area contributed by atoms with E-state index in [1.54, 1.807) is 12.1 Å². The number of methoxy groups -OCH3 is 2. The van der Waals surface area contributed by atoms with Crippen LogP contribution < -0.4 is 4.74 Å². The Morgan fingerprint density at radius 3 is 2.54 bits per heavy atom. The molecule has 1 aliphatic rings. The molecule has 0 saturated heterocycles. The maximum Gasteiger partial charge on any atom is 0.186 e. The second kappa shape index (κ2) is 7.58. The lowest BCUT2D eigenvalue weighted by molar-refractivity contribution is -0.121. The molecule has 138 valence electrons. The largest absolute Gasteiger partial charge is 0.504 e. The number of carbonyl (C=O) groups excluding carboxylic acids is 2. The molecule has 0 saturated carbocycles. The van der Waals surface area contributed by atoms with Gasteiger partial charge in [0.2, 0.25) is 0 Å². The van der Waals surface area contributed by atoms with Crippen molar-refractivity contribution in [3.63, 3.8) is 0 Å². The first-order chi connectivity index (χ1) is 12.3. The second-order valence-corrected chi connectivity index (χ2v) is 6.12. The number of aromatic hydroxyl groups is 1. The molecule has 1 aliphatic carbocycles. The van der Waals surface area contributed by atoms with Crippen LogP contribution >= 0.6 is 0 Å². The number of phenols is 1. The molecule has 0 heterocycles. The van der Waals surface area contributed by atoms with Crippen LogP contribution in [0.5, 0.6) is 11.5 Å². The Hall–Kier alpha value is -2.86. The van der Waals surface area contributed by atoms with Crippen molar-refractivity contribution in [1.29, 1.82) is 0 Å². The molecule has 0 aromatic heterocycles. The molecule has 0 aliphatic heterocycles. The van der Waals surface area contributed by atoms with Gasteiger partial charge in [0.25, 0.3) is 0 Å². The predicted octanol–water partition coefficient (Wildman–Crippen LogP) is 2.42. The molecule has 0 unspecified atom stereocenters. The third-order valence-electron chi connectivity index (χ3n) is 4.24. The fourth-order valence-electron chi connectivity index (χ4n) is 3.07. The van der Waals surface area contributed by atoms with Crippen molar-refractivity contribution in [2.75, 3.05) is 14.2 Å². The fourth-order valence-corrected chi connectivity index (χ4v) is 3.07. The van der Waals surface area contributed by atoms with Crippen LogP contribution in [0.1, 0.15) is 24.8 Å². The van der Waals surface area contributed by atoms with Crippen LogP contribution in [0.15, 0.2) is 54.3 Å². The Labute approximate surface area is 152 Å². The van der Waals surface area contributed by atoms with Crippen LogP contribution in [0.4, 0.5) is 0 Å². The van der Waals surface area contributed by atoms with E-state index < -0.39 is 11.5 Å². The molecule has 6 nitrogen and oxygen atoms in total. The summed E-state index contributed by atoms with van der Waals surface area (Å²) < 4.78 is 10.1. The van der Waals surface area contributed by atoms with Crippen LogP contribution in [-0.2, 0) is 14.3 Å². The number of ketones is 2. The van der Waals surface area contributed by atoms with Crippen LogP contribution in [0.3, 0.4) is 0 Å². The van der Waals surface area contributed by atoms with E-state index in [0.29, 0.717) is 11.3 Å².